The summed E-state index contributed by atoms with van der Waals surface area (Å²) in [5.41, 5.74) is 0. The highest BCUT2D eigenvalue weighted by Crippen LogP contribution is 2.20. The number of nitrogens with zero attached hydrogens (tertiary/aromatic N) is 1. The first-order valence-electron chi connectivity index (χ1n) is 6.48. The molecule has 7 heteroatoms. The molecule has 2 rings (SSSR count). The number of carboxylic acid groups (broad SMARTS) is 1. The van der Waals surface area contributed by atoms with E-state index in [1.807, 2.05) is 0 Å². The van der Waals surface area contributed by atoms with Crippen molar-refractivity contribution < 1.29 is 29.3 Å². The smallest absolute Gasteiger partial charge is 0.326 e. The van der Waals surface area contributed by atoms with Crippen LogP contribution in [-0.4, -0.2) is 59.4 Å². The Morgan fingerprint density at radius 3 is 2.48 bits per heavy atom. The van der Waals surface area contributed by atoms with Gasteiger partial charge in [-0.05, 0) is 24.3 Å². The Kier molecular flexibility index (Phi) is 4.64. The van der Waals surface area contributed by atoms with Gasteiger partial charge in [-0.1, -0.05) is 0 Å². The highest BCUT2D eigenvalue weighted by molar-refractivity contribution is 5.85. The molecule has 1 heterocycles. The second-order valence-electron chi connectivity index (χ2n) is 4.75. The molecule has 0 saturated carbocycles. The molecule has 1 fully saturated rings. The maximum atomic E-state index is 12.0. The van der Waals surface area contributed by atoms with E-state index in [2.05, 4.69) is 0 Å². The third-order valence-corrected chi connectivity index (χ3v) is 3.31. The summed E-state index contributed by atoms with van der Waals surface area (Å²) in [5.74, 6) is -0.433. The highest BCUT2D eigenvalue weighted by atomic mass is 16.5. The van der Waals surface area contributed by atoms with Crippen molar-refractivity contribution in [2.45, 2.75) is 18.6 Å². The minimum atomic E-state index is -1.12. The van der Waals surface area contributed by atoms with Crippen LogP contribution in [0.5, 0.6) is 11.5 Å². The van der Waals surface area contributed by atoms with E-state index in [0.717, 1.165) is 4.90 Å². The Morgan fingerprint density at radius 1 is 1.29 bits per heavy atom. The first-order chi connectivity index (χ1) is 10.0. The van der Waals surface area contributed by atoms with Crippen LogP contribution in [-0.2, 0) is 9.59 Å². The summed E-state index contributed by atoms with van der Waals surface area (Å²) >= 11 is 0. The molecule has 0 spiro atoms. The summed E-state index contributed by atoms with van der Waals surface area (Å²) < 4.78 is 10.3. The van der Waals surface area contributed by atoms with Crippen molar-refractivity contribution in [3.8, 4) is 11.5 Å². The largest absolute Gasteiger partial charge is 0.497 e. The van der Waals surface area contributed by atoms with Gasteiger partial charge in [0.25, 0.3) is 5.91 Å². The standard InChI is InChI=1S/C14H17NO6/c1-20-10-2-4-11(5-3-10)21-8-13(17)15-7-9(16)6-12(15)14(18)19/h2-5,9,12,16H,6-8H2,1H3,(H,18,19). The van der Waals surface area contributed by atoms with Crippen LogP contribution >= 0.6 is 0 Å². The fourth-order valence-corrected chi connectivity index (χ4v) is 2.22. The number of likely N-dealkylation sites (tertiary alicyclic amines) is 1. The zero-order chi connectivity index (χ0) is 15.4. The van der Waals surface area contributed by atoms with Gasteiger partial charge in [-0.3, -0.25) is 4.79 Å². The number of β-amino-alcohol motifs (C(OH)–C–C–N with tert-alkyl or cyclic N) is 1. The number of carboxylic acids is 1. The normalized spacial score (nSPS) is 21.1. The molecule has 1 aromatic carbocycles. The van der Waals surface area contributed by atoms with E-state index in [-0.39, 0.29) is 19.6 Å². The fourth-order valence-electron chi connectivity index (χ4n) is 2.22. The number of methoxy groups -OCH3 is 1. The first kappa shape index (κ1) is 15.1. The average Bonchev–Trinajstić information content (AvgIpc) is 2.87. The lowest BCUT2D eigenvalue weighted by Crippen LogP contribution is -2.42. The van der Waals surface area contributed by atoms with Crippen LogP contribution in [0.25, 0.3) is 0 Å². The van der Waals surface area contributed by atoms with Gasteiger partial charge in [0.15, 0.2) is 6.61 Å². The Labute approximate surface area is 121 Å². The van der Waals surface area contributed by atoms with Gasteiger partial charge in [0.05, 0.1) is 13.2 Å². The minimum absolute atomic E-state index is 0.0156. The Morgan fingerprint density at radius 2 is 1.90 bits per heavy atom. The minimum Gasteiger partial charge on any atom is -0.497 e. The molecule has 1 aromatic rings. The van der Waals surface area contributed by atoms with Gasteiger partial charge < -0.3 is 24.6 Å². The van der Waals surface area contributed by atoms with Crippen LogP contribution in [0.15, 0.2) is 24.3 Å². The first-order valence-corrected chi connectivity index (χ1v) is 6.48. The van der Waals surface area contributed by atoms with Crippen LogP contribution in [0.3, 0.4) is 0 Å². The predicted molar refractivity (Wildman–Crippen MR) is 72.2 cm³/mol. The van der Waals surface area contributed by atoms with Crippen LogP contribution in [0.4, 0.5) is 0 Å². The van der Waals surface area contributed by atoms with Crippen molar-refractivity contribution in [1.29, 1.82) is 0 Å². The van der Waals surface area contributed by atoms with Gasteiger partial charge in [-0.2, -0.15) is 0 Å². The quantitative estimate of drug-likeness (QED) is 0.801. The molecule has 7 nitrogen and oxygen atoms in total. The monoisotopic (exact) mass is 295 g/mol. The van der Waals surface area contributed by atoms with Crippen molar-refractivity contribution in [2.24, 2.45) is 0 Å². The maximum absolute atomic E-state index is 12.0. The molecule has 21 heavy (non-hydrogen) atoms. The van der Waals surface area contributed by atoms with Crippen LogP contribution in [0.1, 0.15) is 6.42 Å². The van der Waals surface area contributed by atoms with Crippen molar-refractivity contribution in [1.82, 2.24) is 4.90 Å². The predicted octanol–water partition coefficient (Wildman–Crippen LogP) is 0.120. The highest BCUT2D eigenvalue weighted by Gasteiger charge is 2.38. The third-order valence-electron chi connectivity index (χ3n) is 3.31. The van der Waals surface area contributed by atoms with Crippen LogP contribution < -0.4 is 9.47 Å². The number of aliphatic carboxylic acids is 1. The topological polar surface area (TPSA) is 96.3 Å². The second-order valence-corrected chi connectivity index (χ2v) is 4.75. The fraction of sp³-hybridized carbons (Fsp3) is 0.429. The number of aliphatic hydroxyl groups is 1. The van der Waals surface area contributed by atoms with Crippen LogP contribution in [0.2, 0.25) is 0 Å². The number of ether oxygens (including phenoxy) is 2. The van der Waals surface area contributed by atoms with E-state index in [1.54, 1.807) is 31.4 Å². The van der Waals surface area contributed by atoms with Gasteiger partial charge in [-0.25, -0.2) is 4.79 Å². The molecule has 1 amide bonds. The number of rotatable bonds is 5. The van der Waals surface area contributed by atoms with Crippen molar-refractivity contribution in [3.63, 3.8) is 0 Å². The number of aliphatic hydroxyl groups excluding tert-OH is 1. The molecule has 0 radical (unpaired) electrons. The van der Waals surface area contributed by atoms with Crippen molar-refractivity contribution >= 4 is 11.9 Å². The lowest BCUT2D eigenvalue weighted by atomic mass is 10.2. The molecule has 2 unspecified atom stereocenters. The lowest BCUT2D eigenvalue weighted by molar-refractivity contribution is -0.148. The third kappa shape index (κ3) is 3.63. The number of amides is 1. The molecule has 1 aliphatic heterocycles. The van der Waals surface area contributed by atoms with Gasteiger partial charge in [0.2, 0.25) is 0 Å². The number of carbonyl (C=O) groups excluding carboxylic acids is 1. The number of hydrogen-bond acceptors (Lipinski definition) is 5. The van der Waals surface area contributed by atoms with Crippen LogP contribution in [0, 0.1) is 0 Å². The summed E-state index contributed by atoms with van der Waals surface area (Å²) in [5, 5.41) is 18.5. The van der Waals surface area contributed by atoms with E-state index in [9.17, 15) is 14.7 Å². The summed E-state index contributed by atoms with van der Waals surface area (Å²) in [6, 6.07) is 5.70. The number of carbonyl (C=O) groups is 2. The SMILES string of the molecule is COc1ccc(OCC(=O)N2CC(O)CC2C(=O)O)cc1. The molecular weight excluding hydrogens is 278 g/mol. The van der Waals surface area contributed by atoms with E-state index in [0.29, 0.717) is 11.5 Å². The van der Waals surface area contributed by atoms with Gasteiger partial charge in [0.1, 0.15) is 17.5 Å². The Hall–Kier alpha value is -2.28. The molecule has 0 aromatic heterocycles. The molecule has 114 valence electrons. The zero-order valence-corrected chi connectivity index (χ0v) is 11.6. The summed E-state index contributed by atoms with van der Waals surface area (Å²) in [7, 11) is 1.55. The second kappa shape index (κ2) is 6.45. The Bertz CT molecular complexity index is 515. The van der Waals surface area contributed by atoms with Crippen molar-refractivity contribution in [3.05, 3.63) is 24.3 Å². The van der Waals surface area contributed by atoms with E-state index >= 15 is 0 Å². The Balaban J connectivity index is 1.92. The molecule has 2 atom stereocenters. The summed E-state index contributed by atoms with van der Waals surface area (Å²) in [4.78, 5) is 24.2. The van der Waals surface area contributed by atoms with Gasteiger partial charge >= 0.3 is 5.97 Å². The van der Waals surface area contributed by atoms with E-state index in [4.69, 9.17) is 14.6 Å². The molecule has 1 aliphatic rings. The molecule has 1 saturated heterocycles. The molecule has 2 N–H and O–H groups in total. The lowest BCUT2D eigenvalue weighted by Gasteiger charge is -2.21. The molecule has 0 bridgehead atoms. The number of hydrogen-bond donors (Lipinski definition) is 2. The van der Waals surface area contributed by atoms with E-state index < -0.39 is 24.0 Å². The summed E-state index contributed by atoms with van der Waals surface area (Å²) in [6.07, 6.45) is -0.764. The van der Waals surface area contributed by atoms with Gasteiger partial charge in [0, 0.05) is 13.0 Å². The zero-order valence-electron chi connectivity index (χ0n) is 11.6. The molecular formula is C14H17NO6. The molecule has 0 aliphatic carbocycles. The summed E-state index contributed by atoms with van der Waals surface area (Å²) in [6.45, 7) is -0.259. The average molecular weight is 295 g/mol. The maximum Gasteiger partial charge on any atom is 0.326 e. The van der Waals surface area contributed by atoms with Gasteiger partial charge in [-0.15, -0.1) is 0 Å². The number of benzene rings is 1. The van der Waals surface area contributed by atoms with Crippen molar-refractivity contribution in [2.75, 3.05) is 20.3 Å². The van der Waals surface area contributed by atoms with E-state index in [1.165, 1.54) is 0 Å².